The Morgan fingerprint density at radius 2 is 1.84 bits per heavy atom. The van der Waals surface area contributed by atoms with E-state index in [9.17, 15) is 9.59 Å². The SMILES string of the molecule is Cc1cc(Nc2ncc3c(n2)CN(c2cnc4c(c2C)N(C(=O)OC(C)(C)C)CCO4)CC3)ccc1NC(=O)CN1CCCC1. The predicted molar refractivity (Wildman–Crippen MR) is 174 cm³/mol. The average Bonchev–Trinajstić information content (AvgIpc) is 3.50. The number of hydrogen-bond acceptors (Lipinski definition) is 10. The van der Waals surface area contributed by atoms with Crippen molar-refractivity contribution in [2.24, 2.45) is 0 Å². The molecule has 12 nitrogen and oxygen atoms in total. The van der Waals surface area contributed by atoms with E-state index in [0.29, 0.717) is 43.8 Å². The third-order valence-electron chi connectivity index (χ3n) is 8.29. The largest absolute Gasteiger partial charge is 0.474 e. The molecule has 0 atom stereocenters. The number of amides is 2. The van der Waals surface area contributed by atoms with E-state index in [1.54, 1.807) is 4.90 Å². The smallest absolute Gasteiger partial charge is 0.415 e. The molecule has 0 unspecified atom stereocenters. The molecule has 3 aromatic rings. The Hall–Kier alpha value is -4.45. The summed E-state index contributed by atoms with van der Waals surface area (Å²) >= 11 is 0. The first-order valence-corrected chi connectivity index (χ1v) is 15.7. The Labute approximate surface area is 264 Å². The molecular weight excluding hydrogens is 572 g/mol. The number of aryl methyl sites for hydroxylation is 1. The highest BCUT2D eigenvalue weighted by Crippen LogP contribution is 2.40. The molecule has 0 bridgehead atoms. The van der Waals surface area contributed by atoms with Crippen LogP contribution in [0.3, 0.4) is 0 Å². The molecule has 45 heavy (non-hydrogen) atoms. The van der Waals surface area contributed by atoms with E-state index in [0.717, 1.165) is 78.3 Å². The van der Waals surface area contributed by atoms with Crippen LogP contribution in [0.15, 0.2) is 30.6 Å². The monoisotopic (exact) mass is 614 g/mol. The van der Waals surface area contributed by atoms with E-state index in [-0.39, 0.29) is 5.91 Å². The van der Waals surface area contributed by atoms with Crippen molar-refractivity contribution in [3.63, 3.8) is 0 Å². The lowest BCUT2D eigenvalue weighted by molar-refractivity contribution is -0.117. The van der Waals surface area contributed by atoms with Crippen LogP contribution in [-0.2, 0) is 22.5 Å². The van der Waals surface area contributed by atoms with Gasteiger partial charge in [0.1, 0.15) is 17.9 Å². The molecule has 2 amide bonds. The average molecular weight is 615 g/mol. The van der Waals surface area contributed by atoms with Gasteiger partial charge in [0, 0.05) is 29.7 Å². The maximum Gasteiger partial charge on any atom is 0.415 e. The summed E-state index contributed by atoms with van der Waals surface area (Å²) in [6.45, 7) is 14.0. The van der Waals surface area contributed by atoms with E-state index in [1.807, 2.05) is 65.2 Å². The van der Waals surface area contributed by atoms with Gasteiger partial charge in [-0.1, -0.05) is 0 Å². The highest BCUT2D eigenvalue weighted by molar-refractivity contribution is 5.93. The van der Waals surface area contributed by atoms with Crippen LogP contribution in [0, 0.1) is 13.8 Å². The number of carbonyl (C=O) groups excluding carboxylic acids is 2. The molecule has 238 valence electrons. The minimum Gasteiger partial charge on any atom is -0.474 e. The molecule has 3 aliphatic rings. The molecule has 0 spiro atoms. The molecule has 3 aliphatic heterocycles. The van der Waals surface area contributed by atoms with Crippen molar-refractivity contribution in [3.8, 4) is 5.88 Å². The molecular formula is C33H42N8O4. The number of ether oxygens (including phenoxy) is 2. The van der Waals surface area contributed by atoms with Gasteiger partial charge >= 0.3 is 6.09 Å². The summed E-state index contributed by atoms with van der Waals surface area (Å²) in [6.07, 6.45) is 6.39. The summed E-state index contributed by atoms with van der Waals surface area (Å²) in [7, 11) is 0. The molecule has 0 radical (unpaired) electrons. The number of hydrogen-bond donors (Lipinski definition) is 2. The molecule has 1 fully saturated rings. The van der Waals surface area contributed by atoms with E-state index >= 15 is 0 Å². The highest BCUT2D eigenvalue weighted by Gasteiger charge is 2.33. The van der Waals surface area contributed by atoms with Crippen LogP contribution in [0.4, 0.5) is 33.5 Å². The fourth-order valence-corrected chi connectivity index (χ4v) is 6.06. The number of nitrogens with one attached hydrogen (secondary N) is 2. The van der Waals surface area contributed by atoms with Crippen LogP contribution >= 0.6 is 0 Å². The summed E-state index contributed by atoms with van der Waals surface area (Å²) < 4.78 is 11.5. The van der Waals surface area contributed by atoms with Crippen molar-refractivity contribution in [2.75, 3.05) is 59.8 Å². The van der Waals surface area contributed by atoms with Gasteiger partial charge in [0.2, 0.25) is 17.7 Å². The lowest BCUT2D eigenvalue weighted by Crippen LogP contribution is -2.42. The Morgan fingerprint density at radius 3 is 2.60 bits per heavy atom. The molecule has 1 aromatic carbocycles. The molecule has 1 saturated heterocycles. The summed E-state index contributed by atoms with van der Waals surface area (Å²) in [5, 5.41) is 6.37. The van der Waals surface area contributed by atoms with Gasteiger partial charge in [0.25, 0.3) is 0 Å². The standard InChI is InChI=1S/C33H42N8O4/c1-21-16-24(8-9-25(21)37-28(42)20-39-11-6-7-12-39)36-31-35-17-23-10-13-40(19-26(23)38-31)27-18-34-30-29(22(27)2)41(14-15-44-30)32(43)45-33(3,4)5/h8-9,16-18H,6-7,10-15,19-20H2,1-5H3,(H,37,42)(H,35,36,38). The quantitative estimate of drug-likeness (QED) is 0.394. The van der Waals surface area contributed by atoms with E-state index in [2.05, 4.69) is 30.4 Å². The van der Waals surface area contributed by atoms with Crippen molar-refractivity contribution < 1.29 is 19.1 Å². The molecule has 6 rings (SSSR count). The number of pyridine rings is 1. The Bertz CT molecular complexity index is 1600. The highest BCUT2D eigenvalue weighted by atomic mass is 16.6. The summed E-state index contributed by atoms with van der Waals surface area (Å²) in [5.74, 6) is 0.954. The number of anilines is 5. The fourth-order valence-electron chi connectivity index (χ4n) is 6.06. The van der Waals surface area contributed by atoms with Gasteiger partial charge in [-0.25, -0.2) is 19.7 Å². The first kappa shape index (κ1) is 30.6. The predicted octanol–water partition coefficient (Wildman–Crippen LogP) is 4.96. The van der Waals surface area contributed by atoms with Crippen LogP contribution in [-0.4, -0.2) is 76.8 Å². The van der Waals surface area contributed by atoms with Gasteiger partial charge in [-0.3, -0.25) is 14.6 Å². The van der Waals surface area contributed by atoms with E-state index in [1.165, 1.54) is 0 Å². The molecule has 2 N–H and O–H groups in total. The minimum absolute atomic E-state index is 0.0118. The third kappa shape index (κ3) is 6.95. The number of benzene rings is 1. The lowest BCUT2D eigenvalue weighted by Gasteiger charge is -2.35. The van der Waals surface area contributed by atoms with Crippen LogP contribution in [0.25, 0.3) is 0 Å². The first-order chi connectivity index (χ1) is 21.5. The van der Waals surface area contributed by atoms with Crippen LogP contribution in [0.1, 0.15) is 56.0 Å². The van der Waals surface area contributed by atoms with Gasteiger partial charge in [-0.05, 0) is 96.3 Å². The van der Waals surface area contributed by atoms with Crippen LogP contribution < -0.4 is 25.2 Å². The Kier molecular flexibility index (Phi) is 8.50. The molecule has 0 aliphatic carbocycles. The summed E-state index contributed by atoms with van der Waals surface area (Å²) in [5.41, 5.74) is 6.50. The Morgan fingerprint density at radius 1 is 1.04 bits per heavy atom. The van der Waals surface area contributed by atoms with Crippen molar-refractivity contribution >= 4 is 40.7 Å². The second kappa shape index (κ2) is 12.5. The van der Waals surface area contributed by atoms with Crippen LogP contribution in [0.5, 0.6) is 5.88 Å². The number of nitrogens with zero attached hydrogens (tertiary/aromatic N) is 6. The van der Waals surface area contributed by atoms with Gasteiger partial charge in [-0.2, -0.15) is 0 Å². The van der Waals surface area contributed by atoms with Gasteiger partial charge < -0.3 is 25.0 Å². The minimum atomic E-state index is -0.611. The molecule has 2 aromatic heterocycles. The normalized spacial score (nSPS) is 16.5. The van der Waals surface area contributed by atoms with Crippen molar-refractivity contribution in [1.29, 1.82) is 0 Å². The van der Waals surface area contributed by atoms with E-state index < -0.39 is 11.7 Å². The molecule has 5 heterocycles. The van der Waals surface area contributed by atoms with Crippen LogP contribution in [0.2, 0.25) is 0 Å². The number of fused-ring (bicyclic) bond motifs is 2. The first-order valence-electron chi connectivity index (χ1n) is 15.7. The Balaban J connectivity index is 1.15. The third-order valence-corrected chi connectivity index (χ3v) is 8.29. The maximum atomic E-state index is 13.1. The van der Waals surface area contributed by atoms with Crippen molar-refractivity contribution in [3.05, 3.63) is 53.0 Å². The second-order valence-electron chi connectivity index (χ2n) is 12.9. The van der Waals surface area contributed by atoms with Gasteiger partial charge in [0.15, 0.2) is 0 Å². The number of carbonyl (C=O) groups is 2. The summed E-state index contributed by atoms with van der Waals surface area (Å²) in [4.78, 5) is 45.7. The van der Waals surface area contributed by atoms with E-state index in [4.69, 9.17) is 14.5 Å². The zero-order chi connectivity index (χ0) is 31.7. The van der Waals surface area contributed by atoms with Crippen molar-refractivity contribution in [2.45, 2.75) is 66.0 Å². The lowest BCUT2D eigenvalue weighted by atomic mass is 10.0. The second-order valence-corrected chi connectivity index (χ2v) is 12.9. The number of likely N-dealkylation sites (tertiary alicyclic amines) is 1. The molecule has 12 heteroatoms. The molecule has 0 saturated carbocycles. The summed E-state index contributed by atoms with van der Waals surface area (Å²) in [6, 6.07) is 5.82. The zero-order valence-corrected chi connectivity index (χ0v) is 26.8. The van der Waals surface area contributed by atoms with Crippen molar-refractivity contribution in [1.82, 2.24) is 19.9 Å². The number of rotatable bonds is 6. The maximum absolute atomic E-state index is 13.1. The van der Waals surface area contributed by atoms with Gasteiger partial charge in [0.05, 0.1) is 37.2 Å². The number of aromatic nitrogens is 3. The fraction of sp³-hybridized carbons (Fsp3) is 0.485. The topological polar surface area (TPSA) is 125 Å². The van der Waals surface area contributed by atoms with Gasteiger partial charge in [-0.15, -0.1) is 0 Å². The zero-order valence-electron chi connectivity index (χ0n) is 26.8.